The van der Waals surface area contributed by atoms with E-state index >= 15 is 0 Å². The molecule has 2 heteroatoms. The van der Waals surface area contributed by atoms with Crippen LogP contribution >= 0.6 is 0 Å². The molecule has 100 valence electrons. The monoisotopic (exact) mass is 247 g/mol. The van der Waals surface area contributed by atoms with Gasteiger partial charge in [-0.15, -0.1) is 0 Å². The number of nitrogens with zero attached hydrogens (tertiary/aromatic N) is 1. The summed E-state index contributed by atoms with van der Waals surface area (Å²) in [5.74, 6) is 0. The minimum Gasteiger partial charge on any atom is -0.312 e. The molecule has 0 saturated carbocycles. The molecule has 1 N–H and O–H groups in total. The minimum absolute atomic E-state index is 0.206. The average Bonchev–Trinajstić information content (AvgIpc) is 2.65. The lowest BCUT2D eigenvalue weighted by Gasteiger charge is -2.42. The van der Waals surface area contributed by atoms with Gasteiger partial charge in [-0.2, -0.15) is 5.06 Å². The number of benzene rings is 1. The first-order valence-electron chi connectivity index (χ1n) is 7.22. The second-order valence-electron chi connectivity index (χ2n) is 5.33. The summed E-state index contributed by atoms with van der Waals surface area (Å²) in [5.41, 5.74) is 2.23. The van der Waals surface area contributed by atoms with Gasteiger partial charge in [-0.1, -0.05) is 52.0 Å². The first kappa shape index (κ1) is 13.6. The summed E-state index contributed by atoms with van der Waals surface area (Å²) in [4.78, 5) is 0. The fourth-order valence-corrected chi connectivity index (χ4v) is 3.79. The maximum absolute atomic E-state index is 10.9. The zero-order valence-electron chi connectivity index (χ0n) is 12.0. The zero-order chi connectivity index (χ0) is 13.4. The van der Waals surface area contributed by atoms with E-state index in [1.165, 1.54) is 11.1 Å². The van der Waals surface area contributed by atoms with Crippen LogP contribution in [0.5, 0.6) is 0 Å². The van der Waals surface area contributed by atoms with Gasteiger partial charge in [-0.25, -0.2) is 0 Å². The van der Waals surface area contributed by atoms with E-state index in [4.69, 9.17) is 0 Å². The molecule has 0 bridgehead atoms. The second-order valence-corrected chi connectivity index (χ2v) is 5.33. The normalized spacial score (nSPS) is 20.9. The molecule has 0 unspecified atom stereocenters. The topological polar surface area (TPSA) is 23.5 Å². The van der Waals surface area contributed by atoms with E-state index in [0.717, 1.165) is 25.7 Å². The second kappa shape index (κ2) is 4.67. The molecule has 1 heterocycles. The van der Waals surface area contributed by atoms with E-state index in [1.54, 1.807) is 5.06 Å². The van der Waals surface area contributed by atoms with Gasteiger partial charge < -0.3 is 5.21 Å². The molecular formula is C16H25NO. The predicted octanol–water partition coefficient (Wildman–Crippen LogP) is 4.42. The van der Waals surface area contributed by atoms with Crippen molar-refractivity contribution >= 4 is 0 Å². The van der Waals surface area contributed by atoms with Crippen molar-refractivity contribution in [3.8, 4) is 0 Å². The summed E-state index contributed by atoms with van der Waals surface area (Å²) in [5, 5.41) is 12.6. The first-order valence-corrected chi connectivity index (χ1v) is 7.22. The molecule has 1 aromatic carbocycles. The third-order valence-electron chi connectivity index (χ3n) is 5.08. The molecule has 2 nitrogen and oxygen atoms in total. The predicted molar refractivity (Wildman–Crippen MR) is 74.6 cm³/mol. The molecular weight excluding hydrogens is 222 g/mol. The van der Waals surface area contributed by atoms with Crippen LogP contribution in [0.15, 0.2) is 24.3 Å². The van der Waals surface area contributed by atoms with E-state index in [0.29, 0.717) is 0 Å². The maximum Gasteiger partial charge on any atom is 0.0717 e. The van der Waals surface area contributed by atoms with Gasteiger partial charge >= 0.3 is 0 Å². The molecule has 0 aromatic heterocycles. The molecule has 1 aromatic rings. The Labute approximate surface area is 111 Å². The number of hydrogen-bond donors (Lipinski definition) is 1. The fraction of sp³-hybridized carbons (Fsp3) is 0.625. The van der Waals surface area contributed by atoms with Gasteiger partial charge in [-0.05, 0) is 36.8 Å². The number of hydrogen-bond acceptors (Lipinski definition) is 2. The first-order chi connectivity index (χ1) is 8.62. The lowest BCUT2D eigenvalue weighted by Crippen LogP contribution is -2.48. The lowest BCUT2D eigenvalue weighted by molar-refractivity contribution is -0.241. The van der Waals surface area contributed by atoms with Crippen molar-refractivity contribution in [2.45, 2.75) is 64.5 Å². The van der Waals surface area contributed by atoms with Crippen LogP contribution < -0.4 is 0 Å². The molecule has 0 amide bonds. The number of fused-ring (bicyclic) bond motifs is 1. The minimum atomic E-state index is -0.206. The van der Waals surface area contributed by atoms with Gasteiger partial charge in [-0.3, -0.25) is 0 Å². The SMILES string of the molecule is CCC1(CC)c2ccccc2C(CC)(CC)N1O. The number of rotatable bonds is 4. The molecule has 2 rings (SSSR count). The molecule has 0 fully saturated rings. The van der Waals surface area contributed by atoms with Crippen LogP contribution in [0.1, 0.15) is 64.5 Å². The summed E-state index contributed by atoms with van der Waals surface area (Å²) >= 11 is 0. The molecule has 0 atom stereocenters. The van der Waals surface area contributed by atoms with Crippen LogP contribution in [0.4, 0.5) is 0 Å². The fourth-order valence-electron chi connectivity index (χ4n) is 3.79. The van der Waals surface area contributed by atoms with E-state index in [9.17, 15) is 5.21 Å². The standard InChI is InChI=1S/C16H25NO/c1-5-15(6-2)13-11-9-10-12-14(13)16(7-3,8-4)17(15)18/h9-12,18H,5-8H2,1-4H3. The average molecular weight is 247 g/mol. The highest BCUT2D eigenvalue weighted by molar-refractivity contribution is 5.44. The highest BCUT2D eigenvalue weighted by Gasteiger charge is 2.54. The Morgan fingerprint density at radius 1 is 0.833 bits per heavy atom. The van der Waals surface area contributed by atoms with Crippen molar-refractivity contribution in [1.29, 1.82) is 0 Å². The highest BCUT2D eigenvalue weighted by Crippen LogP contribution is 2.54. The Balaban J connectivity index is 2.71. The van der Waals surface area contributed by atoms with E-state index in [2.05, 4.69) is 52.0 Å². The van der Waals surface area contributed by atoms with Crippen LogP contribution in [0.3, 0.4) is 0 Å². The van der Waals surface area contributed by atoms with Crippen molar-refractivity contribution in [1.82, 2.24) is 5.06 Å². The van der Waals surface area contributed by atoms with Gasteiger partial charge in [0.2, 0.25) is 0 Å². The van der Waals surface area contributed by atoms with Gasteiger partial charge in [0.15, 0.2) is 0 Å². The van der Waals surface area contributed by atoms with E-state index in [1.807, 2.05) is 0 Å². The van der Waals surface area contributed by atoms with Gasteiger partial charge in [0, 0.05) is 0 Å². The third-order valence-corrected chi connectivity index (χ3v) is 5.08. The van der Waals surface area contributed by atoms with Crippen LogP contribution in [-0.4, -0.2) is 10.3 Å². The summed E-state index contributed by atoms with van der Waals surface area (Å²) in [6.45, 7) is 8.69. The highest BCUT2D eigenvalue weighted by atomic mass is 16.5. The molecule has 0 spiro atoms. The third kappa shape index (κ3) is 1.42. The molecule has 0 aliphatic carbocycles. The van der Waals surface area contributed by atoms with Gasteiger partial charge in [0.1, 0.15) is 0 Å². The van der Waals surface area contributed by atoms with Crippen LogP contribution in [-0.2, 0) is 11.1 Å². The molecule has 1 aliphatic heterocycles. The van der Waals surface area contributed by atoms with Gasteiger partial charge in [0.25, 0.3) is 0 Å². The van der Waals surface area contributed by atoms with Crippen LogP contribution in [0, 0.1) is 0 Å². The smallest absolute Gasteiger partial charge is 0.0717 e. The van der Waals surface area contributed by atoms with Crippen molar-refractivity contribution in [2.75, 3.05) is 0 Å². The van der Waals surface area contributed by atoms with Gasteiger partial charge in [0.05, 0.1) is 11.1 Å². The Kier molecular flexibility index (Phi) is 3.52. The lowest BCUT2D eigenvalue weighted by atomic mass is 9.83. The molecule has 0 saturated heterocycles. The number of hydroxylamine groups is 2. The Morgan fingerprint density at radius 3 is 1.44 bits per heavy atom. The van der Waals surface area contributed by atoms with E-state index < -0.39 is 0 Å². The van der Waals surface area contributed by atoms with Crippen LogP contribution in [0.2, 0.25) is 0 Å². The van der Waals surface area contributed by atoms with Crippen molar-refractivity contribution in [3.63, 3.8) is 0 Å². The quantitative estimate of drug-likeness (QED) is 0.851. The van der Waals surface area contributed by atoms with Crippen molar-refractivity contribution in [3.05, 3.63) is 35.4 Å². The van der Waals surface area contributed by atoms with E-state index in [-0.39, 0.29) is 11.1 Å². The van der Waals surface area contributed by atoms with Crippen molar-refractivity contribution < 1.29 is 5.21 Å². The van der Waals surface area contributed by atoms with Crippen LogP contribution in [0.25, 0.3) is 0 Å². The molecule has 0 radical (unpaired) electrons. The summed E-state index contributed by atoms with van der Waals surface area (Å²) in [6, 6.07) is 8.57. The molecule has 18 heavy (non-hydrogen) atoms. The largest absolute Gasteiger partial charge is 0.312 e. The Morgan fingerprint density at radius 2 is 1.17 bits per heavy atom. The summed E-state index contributed by atoms with van der Waals surface area (Å²) in [7, 11) is 0. The zero-order valence-corrected chi connectivity index (χ0v) is 12.0. The summed E-state index contributed by atoms with van der Waals surface area (Å²) in [6.07, 6.45) is 3.77. The van der Waals surface area contributed by atoms with Crippen molar-refractivity contribution in [2.24, 2.45) is 0 Å². The Bertz CT molecular complexity index is 380. The Hall–Kier alpha value is -0.860. The maximum atomic E-state index is 10.9. The molecule has 1 aliphatic rings. The summed E-state index contributed by atoms with van der Waals surface area (Å²) < 4.78 is 0.